The monoisotopic (exact) mass is 296 g/mol. The fourth-order valence-electron chi connectivity index (χ4n) is 2.81. The molecule has 1 aromatic rings. The van der Waals surface area contributed by atoms with Gasteiger partial charge in [0.1, 0.15) is 11.5 Å². The maximum Gasteiger partial charge on any atom is 0.316 e. The summed E-state index contributed by atoms with van der Waals surface area (Å²) >= 11 is 5.87. The molecule has 1 heterocycles. The van der Waals surface area contributed by atoms with Gasteiger partial charge in [0.2, 0.25) is 0 Å². The van der Waals surface area contributed by atoms with Gasteiger partial charge in [-0.1, -0.05) is 37.1 Å². The van der Waals surface area contributed by atoms with Crippen LogP contribution in [0.3, 0.4) is 0 Å². The number of methoxy groups -OCH3 is 1. The molecule has 1 aliphatic heterocycles. The molecule has 0 aliphatic carbocycles. The number of benzene rings is 1. The van der Waals surface area contributed by atoms with Crippen LogP contribution in [0.15, 0.2) is 24.3 Å². The lowest BCUT2D eigenvalue weighted by Crippen LogP contribution is -2.35. The Morgan fingerprint density at radius 2 is 2.10 bits per heavy atom. The zero-order valence-electron chi connectivity index (χ0n) is 11.5. The first-order valence-electron chi connectivity index (χ1n) is 6.57. The van der Waals surface area contributed by atoms with Crippen LogP contribution in [-0.2, 0) is 19.1 Å². The molecule has 5 heteroatoms. The Hall–Kier alpha value is -1.55. The molecule has 4 nitrogen and oxygen atoms in total. The summed E-state index contributed by atoms with van der Waals surface area (Å²) in [6.07, 6.45) is 0.745. The van der Waals surface area contributed by atoms with Crippen molar-refractivity contribution < 1.29 is 19.1 Å². The minimum atomic E-state index is -0.936. The molecule has 108 valence electrons. The topological polar surface area (TPSA) is 52.6 Å². The number of rotatable bonds is 4. The largest absolute Gasteiger partial charge is 0.468 e. The summed E-state index contributed by atoms with van der Waals surface area (Å²) in [7, 11) is 1.33. The van der Waals surface area contributed by atoms with Crippen molar-refractivity contribution in [3.8, 4) is 0 Å². The molecule has 0 saturated carbocycles. The lowest BCUT2D eigenvalue weighted by atomic mass is 9.74. The van der Waals surface area contributed by atoms with E-state index in [-0.39, 0.29) is 12.4 Å². The minimum absolute atomic E-state index is 0.0564. The van der Waals surface area contributed by atoms with Crippen molar-refractivity contribution in [1.82, 2.24) is 0 Å². The quantitative estimate of drug-likeness (QED) is 0.800. The molecular weight excluding hydrogens is 280 g/mol. The number of carbonyl (C=O) groups excluding carboxylic acids is 2. The smallest absolute Gasteiger partial charge is 0.316 e. The van der Waals surface area contributed by atoms with Crippen molar-refractivity contribution in [3.05, 3.63) is 34.9 Å². The van der Waals surface area contributed by atoms with Gasteiger partial charge in [0.15, 0.2) is 0 Å². The summed E-state index contributed by atoms with van der Waals surface area (Å²) in [4.78, 5) is 24.0. The fraction of sp³-hybridized carbons (Fsp3) is 0.467. The van der Waals surface area contributed by atoms with Crippen LogP contribution < -0.4 is 0 Å². The van der Waals surface area contributed by atoms with Gasteiger partial charge in [0.25, 0.3) is 0 Å². The lowest BCUT2D eigenvalue weighted by molar-refractivity contribution is -0.157. The highest BCUT2D eigenvalue weighted by Gasteiger charge is 2.55. The molecule has 0 bridgehead atoms. The summed E-state index contributed by atoms with van der Waals surface area (Å²) in [5, 5.41) is 0.595. The molecular formula is C15H17ClO4. The average molecular weight is 297 g/mol. The van der Waals surface area contributed by atoms with Crippen molar-refractivity contribution in [1.29, 1.82) is 0 Å². The van der Waals surface area contributed by atoms with Gasteiger partial charge in [-0.2, -0.15) is 0 Å². The third-order valence-electron chi connectivity index (χ3n) is 3.67. The predicted molar refractivity (Wildman–Crippen MR) is 74.3 cm³/mol. The van der Waals surface area contributed by atoms with Crippen molar-refractivity contribution in [2.24, 2.45) is 5.41 Å². The van der Waals surface area contributed by atoms with Gasteiger partial charge in [-0.3, -0.25) is 9.59 Å². The number of hydrogen-bond donors (Lipinski definition) is 0. The maximum absolute atomic E-state index is 12.2. The van der Waals surface area contributed by atoms with E-state index in [4.69, 9.17) is 21.1 Å². The van der Waals surface area contributed by atoms with Crippen molar-refractivity contribution in [2.75, 3.05) is 7.11 Å². The number of carbonyl (C=O) groups is 2. The van der Waals surface area contributed by atoms with Gasteiger partial charge in [-0.15, -0.1) is 0 Å². The Morgan fingerprint density at radius 1 is 1.45 bits per heavy atom. The SMILES string of the molecule is CCCC1(C(=O)OC)CC(=O)OC1c1ccc(Cl)cc1. The van der Waals surface area contributed by atoms with E-state index in [1.807, 2.05) is 6.92 Å². The predicted octanol–water partition coefficient (Wildman–Crippen LogP) is 3.29. The zero-order valence-corrected chi connectivity index (χ0v) is 12.3. The summed E-state index contributed by atoms with van der Waals surface area (Å²) in [6.45, 7) is 1.96. The van der Waals surface area contributed by atoms with Crippen LogP contribution >= 0.6 is 11.6 Å². The Balaban J connectivity index is 2.44. The molecule has 0 aromatic heterocycles. The normalized spacial score (nSPS) is 25.4. The Morgan fingerprint density at radius 3 is 2.65 bits per heavy atom. The highest BCUT2D eigenvalue weighted by atomic mass is 35.5. The minimum Gasteiger partial charge on any atom is -0.468 e. The Bertz CT molecular complexity index is 511. The van der Waals surface area contributed by atoms with Crippen LogP contribution in [0.2, 0.25) is 5.02 Å². The summed E-state index contributed by atoms with van der Waals surface area (Å²) in [6, 6.07) is 6.99. The molecule has 1 saturated heterocycles. The van der Waals surface area contributed by atoms with Gasteiger partial charge >= 0.3 is 11.9 Å². The molecule has 20 heavy (non-hydrogen) atoms. The maximum atomic E-state index is 12.2. The molecule has 1 aliphatic rings. The molecule has 0 radical (unpaired) electrons. The van der Waals surface area contributed by atoms with E-state index in [0.29, 0.717) is 11.4 Å². The summed E-state index contributed by atoms with van der Waals surface area (Å²) in [5.74, 6) is -0.769. The van der Waals surface area contributed by atoms with Gasteiger partial charge in [-0.05, 0) is 24.1 Å². The van der Waals surface area contributed by atoms with Gasteiger partial charge in [0.05, 0.1) is 13.5 Å². The second kappa shape index (κ2) is 5.83. The Kier molecular flexibility index (Phi) is 4.33. The highest BCUT2D eigenvalue weighted by molar-refractivity contribution is 6.30. The highest BCUT2D eigenvalue weighted by Crippen LogP contribution is 2.50. The van der Waals surface area contributed by atoms with Crippen molar-refractivity contribution >= 4 is 23.5 Å². The second-order valence-electron chi connectivity index (χ2n) is 5.00. The van der Waals surface area contributed by atoms with Gasteiger partial charge < -0.3 is 9.47 Å². The number of esters is 2. The van der Waals surface area contributed by atoms with Crippen LogP contribution in [0, 0.1) is 5.41 Å². The van der Waals surface area contributed by atoms with Crippen LogP contribution in [-0.4, -0.2) is 19.0 Å². The average Bonchev–Trinajstić information content (AvgIpc) is 2.77. The van der Waals surface area contributed by atoms with Crippen LogP contribution in [0.4, 0.5) is 0 Å². The van der Waals surface area contributed by atoms with Crippen LogP contribution in [0.1, 0.15) is 37.9 Å². The third kappa shape index (κ3) is 2.52. The summed E-state index contributed by atoms with van der Waals surface area (Å²) < 4.78 is 10.3. The molecule has 2 rings (SSSR count). The van der Waals surface area contributed by atoms with Gasteiger partial charge in [0, 0.05) is 5.02 Å². The Labute approximate surface area is 123 Å². The zero-order chi connectivity index (χ0) is 14.8. The van der Waals surface area contributed by atoms with Crippen molar-refractivity contribution in [2.45, 2.75) is 32.3 Å². The van der Waals surface area contributed by atoms with Gasteiger partial charge in [-0.25, -0.2) is 0 Å². The van der Waals surface area contributed by atoms with E-state index in [1.54, 1.807) is 24.3 Å². The first-order chi connectivity index (χ1) is 9.53. The third-order valence-corrected chi connectivity index (χ3v) is 3.92. The van der Waals surface area contributed by atoms with Crippen molar-refractivity contribution in [3.63, 3.8) is 0 Å². The van der Waals surface area contributed by atoms with E-state index in [2.05, 4.69) is 0 Å². The number of cyclic esters (lactones) is 1. The molecule has 0 spiro atoms. The molecule has 2 atom stereocenters. The van der Waals surface area contributed by atoms with E-state index in [9.17, 15) is 9.59 Å². The van der Waals surface area contributed by atoms with E-state index in [0.717, 1.165) is 12.0 Å². The molecule has 0 N–H and O–H groups in total. The molecule has 1 aromatic carbocycles. The fourth-order valence-corrected chi connectivity index (χ4v) is 2.94. The second-order valence-corrected chi connectivity index (χ2v) is 5.43. The van der Waals surface area contributed by atoms with E-state index < -0.39 is 17.5 Å². The van der Waals surface area contributed by atoms with Crippen LogP contribution in [0.25, 0.3) is 0 Å². The number of hydrogen-bond acceptors (Lipinski definition) is 4. The van der Waals surface area contributed by atoms with Crippen LogP contribution in [0.5, 0.6) is 0 Å². The molecule has 2 unspecified atom stereocenters. The summed E-state index contributed by atoms with van der Waals surface area (Å²) in [5.41, 5.74) is -0.173. The lowest BCUT2D eigenvalue weighted by Gasteiger charge is -2.29. The number of halogens is 1. The number of ether oxygens (including phenoxy) is 2. The molecule has 0 amide bonds. The first kappa shape index (κ1) is 14.9. The molecule has 1 fully saturated rings. The first-order valence-corrected chi connectivity index (χ1v) is 6.94. The standard InChI is InChI=1S/C15H17ClO4/c1-3-8-15(14(18)19-2)9-12(17)20-13(15)10-4-6-11(16)7-5-10/h4-7,13H,3,8-9H2,1-2H3. The van der Waals surface area contributed by atoms with E-state index >= 15 is 0 Å². The van der Waals surface area contributed by atoms with E-state index in [1.165, 1.54) is 7.11 Å².